The summed E-state index contributed by atoms with van der Waals surface area (Å²) in [6.45, 7) is 4.52. The lowest BCUT2D eigenvalue weighted by molar-refractivity contribution is 0.0695. The third-order valence-corrected chi connectivity index (χ3v) is 4.32. The summed E-state index contributed by atoms with van der Waals surface area (Å²) in [5.74, 6) is 0.692. The quantitative estimate of drug-likeness (QED) is 0.880. The highest BCUT2D eigenvalue weighted by Gasteiger charge is 2.25. The number of nitrogens with one attached hydrogen (secondary N) is 1. The molecule has 1 heterocycles. The van der Waals surface area contributed by atoms with Crippen molar-refractivity contribution in [2.24, 2.45) is 11.8 Å². The van der Waals surface area contributed by atoms with Crippen molar-refractivity contribution in [2.45, 2.75) is 45.4 Å². The number of H-pyrrole nitrogens is 1. The molecule has 2 N–H and O–H groups in total. The van der Waals surface area contributed by atoms with E-state index in [9.17, 15) is 9.59 Å². The number of aromatic nitrogens is 1. The van der Waals surface area contributed by atoms with Crippen LogP contribution in [0.2, 0.25) is 0 Å². The molecule has 1 aromatic heterocycles. The smallest absolute Gasteiger partial charge is 0.341 e. The monoisotopic (exact) mass is 263 g/mol. The van der Waals surface area contributed by atoms with E-state index >= 15 is 0 Å². The third-order valence-electron chi connectivity index (χ3n) is 4.32. The molecule has 4 heteroatoms. The maximum atomic E-state index is 11.7. The molecule has 0 unspecified atom stereocenters. The van der Waals surface area contributed by atoms with Gasteiger partial charge in [0.05, 0.1) is 0 Å². The zero-order chi connectivity index (χ0) is 14.0. The molecule has 0 aliphatic heterocycles. The van der Waals surface area contributed by atoms with Gasteiger partial charge in [-0.05, 0) is 55.6 Å². The molecule has 0 spiro atoms. The number of aromatic carboxylic acids is 1. The molecule has 1 fully saturated rings. The number of hydrogen-bond acceptors (Lipinski definition) is 2. The number of carboxylic acids is 1. The van der Waals surface area contributed by atoms with Crippen LogP contribution in [0.3, 0.4) is 0 Å². The van der Waals surface area contributed by atoms with Crippen molar-refractivity contribution in [1.29, 1.82) is 0 Å². The van der Waals surface area contributed by atoms with Crippen LogP contribution in [-0.4, -0.2) is 16.1 Å². The Labute approximate surface area is 112 Å². The molecule has 1 aliphatic carbocycles. The van der Waals surface area contributed by atoms with E-state index in [1.807, 2.05) is 0 Å². The van der Waals surface area contributed by atoms with Crippen LogP contribution in [0.15, 0.2) is 16.9 Å². The molecule has 4 nitrogen and oxygen atoms in total. The third kappa shape index (κ3) is 3.06. The molecule has 1 aliphatic rings. The Hall–Kier alpha value is -1.58. The molecule has 0 atom stereocenters. The number of hydrogen-bond donors (Lipinski definition) is 2. The Morgan fingerprint density at radius 3 is 2.37 bits per heavy atom. The van der Waals surface area contributed by atoms with E-state index in [0.717, 1.165) is 30.4 Å². The number of pyridine rings is 1. The molecule has 0 aromatic carbocycles. The Kier molecular flexibility index (Phi) is 4.08. The van der Waals surface area contributed by atoms with Crippen molar-refractivity contribution in [3.8, 4) is 0 Å². The summed E-state index contributed by atoms with van der Waals surface area (Å²) in [6, 6.07) is 3.18. The van der Waals surface area contributed by atoms with Gasteiger partial charge in [0.15, 0.2) is 0 Å². The summed E-state index contributed by atoms with van der Waals surface area (Å²) in [5, 5.41) is 8.84. The number of carbonyl (C=O) groups is 1. The standard InChI is InChI=1S/C15H21NO3/c1-9(2)10-3-5-11(6-4-10)13-8-7-12(15(18)19)14(17)16-13/h7-11H,3-6H2,1-2H3,(H,16,17)(H,18,19)/t10-,11+. The van der Waals surface area contributed by atoms with Gasteiger partial charge < -0.3 is 10.1 Å². The number of aromatic amines is 1. The maximum Gasteiger partial charge on any atom is 0.341 e. The summed E-state index contributed by atoms with van der Waals surface area (Å²) in [7, 11) is 0. The van der Waals surface area contributed by atoms with Crippen molar-refractivity contribution in [3.63, 3.8) is 0 Å². The first-order chi connectivity index (χ1) is 8.99. The van der Waals surface area contributed by atoms with Crippen LogP contribution in [0.25, 0.3) is 0 Å². The highest BCUT2D eigenvalue weighted by atomic mass is 16.4. The van der Waals surface area contributed by atoms with E-state index in [1.165, 1.54) is 18.9 Å². The van der Waals surface area contributed by atoms with Crippen molar-refractivity contribution in [3.05, 3.63) is 33.7 Å². The van der Waals surface area contributed by atoms with Crippen molar-refractivity contribution < 1.29 is 9.90 Å². The fourth-order valence-corrected chi connectivity index (χ4v) is 2.99. The van der Waals surface area contributed by atoms with Crippen LogP contribution in [0.1, 0.15) is 61.5 Å². The second kappa shape index (κ2) is 5.59. The zero-order valence-electron chi connectivity index (χ0n) is 11.5. The van der Waals surface area contributed by atoms with Crippen LogP contribution < -0.4 is 5.56 Å². The van der Waals surface area contributed by atoms with E-state index < -0.39 is 11.5 Å². The zero-order valence-corrected chi connectivity index (χ0v) is 11.5. The molecule has 1 saturated carbocycles. The molecule has 0 amide bonds. The number of rotatable bonds is 3. The molecule has 0 radical (unpaired) electrons. The van der Waals surface area contributed by atoms with Gasteiger partial charge in [-0.15, -0.1) is 0 Å². The van der Waals surface area contributed by atoms with Gasteiger partial charge in [-0.3, -0.25) is 4.79 Å². The van der Waals surface area contributed by atoms with E-state index in [0.29, 0.717) is 5.92 Å². The minimum atomic E-state index is -1.17. The topological polar surface area (TPSA) is 70.2 Å². The highest BCUT2D eigenvalue weighted by molar-refractivity contribution is 5.86. The van der Waals surface area contributed by atoms with Gasteiger partial charge in [-0.2, -0.15) is 0 Å². The predicted octanol–water partition coefficient (Wildman–Crippen LogP) is 3.00. The van der Waals surface area contributed by atoms with Crippen LogP contribution in [0.4, 0.5) is 0 Å². The van der Waals surface area contributed by atoms with Gasteiger partial charge in [0, 0.05) is 5.69 Å². The van der Waals surface area contributed by atoms with Crippen molar-refractivity contribution in [1.82, 2.24) is 4.98 Å². The summed E-state index contributed by atoms with van der Waals surface area (Å²) in [6.07, 6.45) is 4.52. The molecule has 2 rings (SSSR count). The van der Waals surface area contributed by atoms with Crippen LogP contribution >= 0.6 is 0 Å². The van der Waals surface area contributed by atoms with E-state index in [2.05, 4.69) is 18.8 Å². The molecular weight excluding hydrogens is 242 g/mol. The van der Waals surface area contributed by atoms with Gasteiger partial charge in [-0.1, -0.05) is 13.8 Å². The van der Waals surface area contributed by atoms with Gasteiger partial charge >= 0.3 is 5.97 Å². The fourth-order valence-electron chi connectivity index (χ4n) is 2.99. The summed E-state index contributed by atoms with van der Waals surface area (Å²) >= 11 is 0. The summed E-state index contributed by atoms with van der Waals surface area (Å²) in [4.78, 5) is 25.2. The van der Waals surface area contributed by atoms with Gasteiger partial charge in [0.25, 0.3) is 5.56 Å². The van der Waals surface area contributed by atoms with E-state index in [1.54, 1.807) is 6.07 Å². The first-order valence-electron chi connectivity index (χ1n) is 6.95. The first kappa shape index (κ1) is 13.8. The minimum absolute atomic E-state index is 0.181. The average molecular weight is 263 g/mol. The number of carboxylic acid groups (broad SMARTS) is 1. The second-order valence-electron chi connectivity index (χ2n) is 5.82. The van der Waals surface area contributed by atoms with Crippen molar-refractivity contribution in [2.75, 3.05) is 0 Å². The Morgan fingerprint density at radius 2 is 1.89 bits per heavy atom. The fraction of sp³-hybridized carbons (Fsp3) is 0.600. The van der Waals surface area contributed by atoms with Gasteiger partial charge in [0.1, 0.15) is 5.56 Å². The molecule has 19 heavy (non-hydrogen) atoms. The normalized spacial score (nSPS) is 23.5. The summed E-state index contributed by atoms with van der Waals surface area (Å²) < 4.78 is 0. The summed E-state index contributed by atoms with van der Waals surface area (Å²) in [5.41, 5.74) is 0.216. The van der Waals surface area contributed by atoms with Crippen molar-refractivity contribution >= 4 is 5.97 Å². The second-order valence-corrected chi connectivity index (χ2v) is 5.82. The van der Waals surface area contributed by atoms with Crippen LogP contribution in [0.5, 0.6) is 0 Å². The van der Waals surface area contributed by atoms with Gasteiger partial charge in [-0.25, -0.2) is 4.79 Å². The lowest BCUT2D eigenvalue weighted by Crippen LogP contribution is -2.22. The lowest BCUT2D eigenvalue weighted by atomic mass is 9.76. The van der Waals surface area contributed by atoms with Crippen LogP contribution in [-0.2, 0) is 0 Å². The largest absolute Gasteiger partial charge is 0.477 e. The molecular formula is C15H21NO3. The van der Waals surface area contributed by atoms with Gasteiger partial charge in [0.2, 0.25) is 0 Å². The molecule has 104 valence electrons. The Morgan fingerprint density at radius 1 is 1.26 bits per heavy atom. The lowest BCUT2D eigenvalue weighted by Gasteiger charge is -2.30. The molecule has 1 aromatic rings. The first-order valence-corrected chi connectivity index (χ1v) is 6.95. The van der Waals surface area contributed by atoms with E-state index in [4.69, 9.17) is 5.11 Å². The Balaban J connectivity index is 2.10. The predicted molar refractivity (Wildman–Crippen MR) is 73.6 cm³/mol. The van der Waals surface area contributed by atoms with E-state index in [-0.39, 0.29) is 5.56 Å². The molecule has 0 saturated heterocycles. The molecule has 0 bridgehead atoms. The minimum Gasteiger partial charge on any atom is -0.477 e. The maximum absolute atomic E-state index is 11.7. The highest BCUT2D eigenvalue weighted by Crippen LogP contribution is 2.37. The average Bonchev–Trinajstić information content (AvgIpc) is 2.38. The van der Waals surface area contributed by atoms with Crippen LogP contribution in [0, 0.1) is 11.8 Å². The Bertz CT molecular complexity index is 510. The SMILES string of the molecule is CC(C)[C@H]1CC[C@@H](c2ccc(C(=O)O)c(=O)[nH]2)CC1.